The lowest BCUT2D eigenvalue weighted by Crippen LogP contribution is -2.64. The summed E-state index contributed by atoms with van der Waals surface area (Å²) in [6, 6.07) is 17.0. The van der Waals surface area contributed by atoms with Crippen molar-refractivity contribution in [1.29, 1.82) is 0 Å². The minimum absolute atomic E-state index is 0.185. The fourth-order valence-electron chi connectivity index (χ4n) is 9.34. The van der Waals surface area contributed by atoms with Gasteiger partial charge in [0.25, 0.3) is 5.91 Å². The molecule has 1 aliphatic carbocycles. The number of carbonyl (C=O) groups excluding carboxylic acids is 5. The molecule has 376 valence electrons. The van der Waals surface area contributed by atoms with E-state index in [-0.39, 0.29) is 25.2 Å². The Labute approximate surface area is 411 Å². The van der Waals surface area contributed by atoms with Crippen molar-refractivity contribution < 1.29 is 47.3 Å². The average Bonchev–Trinajstić information content (AvgIpc) is 4.09. The van der Waals surface area contributed by atoms with Crippen molar-refractivity contribution in [3.63, 3.8) is 0 Å². The molecule has 70 heavy (non-hydrogen) atoms. The lowest BCUT2D eigenvalue weighted by molar-refractivity contribution is -0.150. The third kappa shape index (κ3) is 12.8. The summed E-state index contributed by atoms with van der Waals surface area (Å²) in [6.07, 6.45) is 4.61. The summed E-state index contributed by atoms with van der Waals surface area (Å²) in [7, 11) is 1.63. The van der Waals surface area contributed by atoms with Crippen molar-refractivity contribution in [1.82, 2.24) is 36.5 Å². The monoisotopic (exact) mass is 986 g/mol. The molecule has 0 radical (unpaired) electrons. The normalized spacial score (nSPS) is 18.1. The minimum atomic E-state index is -1.49. The standard InChI is InChI=1S/C51H64F2N8O8S/c1-33(54-2)46(63)59-45(51(67)22-10-5-11-23-51)49(66)61-26-14-19-39(61)47(64)58-43(41(34-15-6-3-7-16-34)35-17-8-4-9-18-35)48(65)56-25-13-12-24-55-40(62)31-69-44-36(20-21-37(52)42(44)53)38-32-70-50(57-38)60-27-29-68-30-28-60/h3-4,6-9,15-18,20-21,32-33,39,41,43,45,54,67H,5,10-14,19,22-31H2,1-2H3,(H,55,62)(H,56,65)(H,58,64)(H,59,63)/t33-,39?,43-,45+/m0/s1. The lowest BCUT2D eigenvalue weighted by Gasteiger charge is -2.41. The number of anilines is 1. The van der Waals surface area contributed by atoms with E-state index in [9.17, 15) is 33.5 Å². The van der Waals surface area contributed by atoms with Gasteiger partial charge < -0.3 is 51.0 Å². The van der Waals surface area contributed by atoms with Crippen molar-refractivity contribution >= 4 is 46.0 Å². The highest BCUT2D eigenvalue weighted by Gasteiger charge is 2.48. The zero-order chi connectivity index (χ0) is 49.6. The number of unbranched alkanes of at least 4 members (excludes halogenated alkanes) is 1. The molecule has 1 saturated carbocycles. The summed E-state index contributed by atoms with van der Waals surface area (Å²) >= 11 is 1.36. The van der Waals surface area contributed by atoms with Crippen molar-refractivity contribution in [2.24, 2.45) is 0 Å². The molecule has 0 bridgehead atoms. The Morgan fingerprint density at radius 3 is 2.17 bits per heavy atom. The maximum absolute atomic E-state index is 15.1. The highest BCUT2D eigenvalue weighted by atomic mass is 32.1. The number of halogens is 2. The van der Waals surface area contributed by atoms with Crippen LogP contribution < -0.4 is 36.2 Å². The number of hydrogen-bond donors (Lipinski definition) is 6. The molecule has 5 amide bonds. The summed E-state index contributed by atoms with van der Waals surface area (Å²) in [5, 5.41) is 28.7. The van der Waals surface area contributed by atoms with E-state index >= 15 is 4.39 Å². The van der Waals surface area contributed by atoms with E-state index in [1.54, 1.807) is 19.4 Å². The number of ether oxygens (including phenoxy) is 2. The van der Waals surface area contributed by atoms with E-state index < -0.39 is 89.2 Å². The summed E-state index contributed by atoms with van der Waals surface area (Å²) < 4.78 is 40.5. The van der Waals surface area contributed by atoms with Gasteiger partial charge in [0.2, 0.25) is 29.4 Å². The summed E-state index contributed by atoms with van der Waals surface area (Å²) in [5.41, 5.74) is 0.658. The molecule has 2 saturated heterocycles. The van der Waals surface area contributed by atoms with Crippen LogP contribution >= 0.6 is 11.3 Å². The SMILES string of the molecule is CN[C@@H](C)C(=O)N[C@H](C(=O)N1CCCC1C(=O)N[C@H](C(=O)NCCCCNC(=O)COc1c(-c2csc(N3CCOCC3)n2)ccc(F)c1F)C(c1ccccc1)c1ccccc1)C1(O)CCCCC1. The van der Waals surface area contributed by atoms with Crippen molar-refractivity contribution in [2.45, 2.75) is 100 Å². The smallest absolute Gasteiger partial charge is 0.257 e. The highest BCUT2D eigenvalue weighted by molar-refractivity contribution is 7.14. The van der Waals surface area contributed by atoms with Crippen LogP contribution in [0.3, 0.4) is 0 Å². The first-order valence-corrected chi connectivity index (χ1v) is 25.1. The quantitative estimate of drug-likeness (QED) is 0.0646. The molecule has 1 aromatic heterocycles. The molecule has 6 N–H and O–H groups in total. The number of likely N-dealkylation sites (N-methyl/N-ethyl adjacent to an activating group) is 1. The van der Waals surface area contributed by atoms with Gasteiger partial charge in [-0.2, -0.15) is 4.39 Å². The van der Waals surface area contributed by atoms with Gasteiger partial charge in [-0.15, -0.1) is 11.3 Å². The van der Waals surface area contributed by atoms with Gasteiger partial charge in [0, 0.05) is 49.6 Å². The molecule has 3 aliphatic rings. The molecular formula is C51H64F2N8O8S. The third-order valence-corrected chi connectivity index (χ3v) is 14.3. The first-order valence-electron chi connectivity index (χ1n) is 24.2. The zero-order valence-corrected chi connectivity index (χ0v) is 40.5. The minimum Gasteiger partial charge on any atom is -0.480 e. The number of hydrogen-bond acceptors (Lipinski definition) is 12. The molecule has 3 heterocycles. The average molecular weight is 987 g/mol. The van der Waals surface area contributed by atoms with E-state index in [1.165, 1.54) is 22.3 Å². The van der Waals surface area contributed by atoms with Crippen LogP contribution in [0.2, 0.25) is 0 Å². The molecule has 4 aromatic rings. The van der Waals surface area contributed by atoms with Crippen LogP contribution in [0.1, 0.15) is 81.8 Å². The second-order valence-corrected chi connectivity index (χ2v) is 18.9. The first kappa shape index (κ1) is 51.8. The number of likely N-dealkylation sites (tertiary alicyclic amines) is 1. The van der Waals surface area contributed by atoms with Gasteiger partial charge in [-0.1, -0.05) is 79.9 Å². The molecule has 2 aliphatic heterocycles. The summed E-state index contributed by atoms with van der Waals surface area (Å²) in [6.45, 7) is 4.11. The second kappa shape index (κ2) is 24.7. The Kier molecular flexibility index (Phi) is 18.3. The van der Waals surface area contributed by atoms with Gasteiger partial charge in [0.1, 0.15) is 18.1 Å². The number of benzene rings is 3. The maximum atomic E-state index is 15.1. The number of thiazole rings is 1. The number of aromatic nitrogens is 1. The summed E-state index contributed by atoms with van der Waals surface area (Å²) in [4.78, 5) is 77.7. The van der Waals surface area contributed by atoms with Crippen LogP contribution in [0, 0.1) is 11.6 Å². The van der Waals surface area contributed by atoms with Crippen LogP contribution in [-0.4, -0.2) is 134 Å². The number of nitrogens with zero attached hydrogens (tertiary/aromatic N) is 3. The number of morpholine rings is 1. The molecule has 0 spiro atoms. The Balaban J connectivity index is 0.987. The van der Waals surface area contributed by atoms with Gasteiger partial charge in [-0.25, -0.2) is 9.37 Å². The largest absolute Gasteiger partial charge is 0.480 e. The van der Waals surface area contributed by atoms with Gasteiger partial charge in [-0.05, 0) is 75.8 Å². The lowest BCUT2D eigenvalue weighted by atomic mass is 9.78. The number of nitrogens with one attached hydrogen (secondary N) is 5. The molecule has 7 rings (SSSR count). The topological polar surface area (TPSA) is 204 Å². The van der Waals surface area contributed by atoms with Crippen molar-refractivity contribution in [3.8, 4) is 17.0 Å². The van der Waals surface area contributed by atoms with Crippen LogP contribution in [-0.2, 0) is 28.7 Å². The molecular weight excluding hydrogens is 923 g/mol. The van der Waals surface area contributed by atoms with E-state index in [2.05, 4.69) is 31.6 Å². The number of aliphatic hydroxyl groups is 1. The van der Waals surface area contributed by atoms with Crippen molar-refractivity contribution in [2.75, 3.05) is 64.5 Å². The van der Waals surface area contributed by atoms with Crippen molar-refractivity contribution in [3.05, 3.63) is 101 Å². The molecule has 19 heteroatoms. The molecule has 4 atom stereocenters. The van der Waals surface area contributed by atoms with E-state index in [0.717, 1.165) is 23.6 Å². The first-order chi connectivity index (χ1) is 33.9. The van der Waals surface area contributed by atoms with Gasteiger partial charge in [-0.3, -0.25) is 24.0 Å². The van der Waals surface area contributed by atoms with Crippen LogP contribution in [0.5, 0.6) is 5.75 Å². The molecule has 1 unspecified atom stereocenters. The second-order valence-electron chi connectivity index (χ2n) is 18.1. The highest BCUT2D eigenvalue weighted by Crippen LogP contribution is 2.37. The number of rotatable bonds is 21. The fourth-order valence-corrected chi connectivity index (χ4v) is 10.2. The number of amides is 5. The predicted molar refractivity (Wildman–Crippen MR) is 261 cm³/mol. The van der Waals surface area contributed by atoms with Crippen LogP contribution in [0.15, 0.2) is 78.2 Å². The van der Waals surface area contributed by atoms with Gasteiger partial charge >= 0.3 is 0 Å². The molecule has 3 aromatic carbocycles. The Morgan fingerprint density at radius 2 is 1.51 bits per heavy atom. The van der Waals surface area contributed by atoms with E-state index in [1.807, 2.05) is 65.6 Å². The van der Waals surface area contributed by atoms with Crippen LogP contribution in [0.4, 0.5) is 13.9 Å². The Bertz CT molecular complexity index is 2360. The van der Waals surface area contributed by atoms with E-state index in [4.69, 9.17) is 9.47 Å². The third-order valence-electron chi connectivity index (χ3n) is 13.4. The zero-order valence-electron chi connectivity index (χ0n) is 39.7. The number of carbonyl (C=O) groups is 5. The van der Waals surface area contributed by atoms with Crippen LogP contribution in [0.25, 0.3) is 11.3 Å². The Morgan fingerprint density at radius 1 is 0.857 bits per heavy atom. The molecule has 16 nitrogen and oxygen atoms in total. The van der Waals surface area contributed by atoms with Gasteiger partial charge in [0.05, 0.1) is 30.6 Å². The van der Waals surface area contributed by atoms with Gasteiger partial charge in [0.15, 0.2) is 23.3 Å². The summed E-state index contributed by atoms with van der Waals surface area (Å²) in [5.74, 6) is -5.95. The fraction of sp³-hybridized carbons (Fsp3) is 0.490. The predicted octanol–water partition coefficient (Wildman–Crippen LogP) is 4.41. The maximum Gasteiger partial charge on any atom is 0.257 e. The van der Waals surface area contributed by atoms with E-state index in [0.29, 0.717) is 88.5 Å². The molecule has 3 fully saturated rings. The Hall–Kier alpha value is -6.02.